The Balaban J connectivity index is 1.90. The van der Waals surface area contributed by atoms with Gasteiger partial charge in [0.05, 0.1) is 29.3 Å². The maximum absolute atomic E-state index is 11.6. The lowest BCUT2D eigenvalue weighted by atomic mass is 10.0. The highest BCUT2D eigenvalue weighted by Gasteiger charge is 2.10. The first-order chi connectivity index (χ1) is 14.0. The van der Waals surface area contributed by atoms with Crippen molar-refractivity contribution in [2.45, 2.75) is 20.3 Å². The zero-order valence-corrected chi connectivity index (χ0v) is 16.6. The second-order valence-electron chi connectivity index (χ2n) is 6.78. The van der Waals surface area contributed by atoms with Crippen molar-refractivity contribution in [3.8, 4) is 6.07 Å². The molecule has 29 heavy (non-hydrogen) atoms. The van der Waals surface area contributed by atoms with E-state index in [0.29, 0.717) is 29.6 Å². The van der Waals surface area contributed by atoms with Crippen LogP contribution >= 0.6 is 0 Å². The van der Waals surface area contributed by atoms with Gasteiger partial charge in [0.15, 0.2) is 0 Å². The number of carboxylic acid groups (broad SMARTS) is 1. The van der Waals surface area contributed by atoms with E-state index in [1.165, 1.54) is 0 Å². The van der Waals surface area contributed by atoms with Crippen LogP contribution in [-0.4, -0.2) is 29.1 Å². The van der Waals surface area contributed by atoms with Gasteiger partial charge >= 0.3 is 5.97 Å². The Labute approximate surface area is 170 Å². The van der Waals surface area contributed by atoms with Crippen molar-refractivity contribution in [2.24, 2.45) is 0 Å². The Morgan fingerprint density at radius 2 is 2.00 bits per heavy atom. The number of carboxylic acids is 1. The lowest BCUT2D eigenvalue weighted by Gasteiger charge is -2.22. The van der Waals surface area contributed by atoms with Crippen molar-refractivity contribution >= 4 is 34.7 Å². The molecule has 1 heterocycles. The summed E-state index contributed by atoms with van der Waals surface area (Å²) in [7, 11) is 0. The minimum absolute atomic E-state index is 0.249. The molecule has 0 aliphatic rings. The van der Waals surface area contributed by atoms with Crippen LogP contribution in [0.3, 0.4) is 0 Å². The molecule has 146 valence electrons. The first-order valence-electron chi connectivity index (χ1n) is 9.57. The first kappa shape index (κ1) is 20.1. The molecule has 0 aliphatic carbocycles. The molecule has 3 rings (SSSR count). The number of anilines is 1. The molecule has 0 aliphatic heterocycles. The van der Waals surface area contributed by atoms with Crippen molar-refractivity contribution in [1.82, 2.24) is 4.98 Å². The highest BCUT2D eigenvalue weighted by Crippen LogP contribution is 2.23. The van der Waals surface area contributed by atoms with Gasteiger partial charge in [0.2, 0.25) is 0 Å². The average Bonchev–Trinajstić information content (AvgIpc) is 2.73. The molecule has 3 aromatic rings. The number of nitriles is 1. The van der Waals surface area contributed by atoms with Gasteiger partial charge in [-0.3, -0.25) is 0 Å². The van der Waals surface area contributed by atoms with Gasteiger partial charge < -0.3 is 10.0 Å². The number of pyridine rings is 1. The minimum Gasteiger partial charge on any atom is -0.478 e. The molecule has 5 heteroatoms. The van der Waals surface area contributed by atoms with Gasteiger partial charge in [0.25, 0.3) is 0 Å². The van der Waals surface area contributed by atoms with Gasteiger partial charge in [0, 0.05) is 24.2 Å². The smallest absolute Gasteiger partial charge is 0.336 e. The van der Waals surface area contributed by atoms with Gasteiger partial charge in [-0.05, 0) is 55.3 Å². The fourth-order valence-corrected chi connectivity index (χ4v) is 3.33. The number of hydrogen-bond acceptors (Lipinski definition) is 4. The number of benzene rings is 2. The standard InChI is InChI=1S/C24H23N3O2/c1-3-27(14-6-13-25)20-12-10-18(17(2)15-20)9-11-19-16-22(24(28)29)21-7-4-5-8-23(21)26-19/h4-5,7-12,15-16H,3,6,14H2,1-2H3,(H,28,29)/b11-9+. The summed E-state index contributed by atoms with van der Waals surface area (Å²) in [5, 5.41) is 19.0. The fraction of sp³-hybridized carbons (Fsp3) is 0.208. The zero-order chi connectivity index (χ0) is 20.8. The second-order valence-corrected chi connectivity index (χ2v) is 6.78. The van der Waals surface area contributed by atoms with E-state index < -0.39 is 5.97 Å². The third-order valence-electron chi connectivity index (χ3n) is 4.89. The summed E-state index contributed by atoms with van der Waals surface area (Å²) in [6.45, 7) is 5.67. The number of aromatic nitrogens is 1. The van der Waals surface area contributed by atoms with Crippen molar-refractivity contribution in [2.75, 3.05) is 18.0 Å². The first-order valence-corrected chi connectivity index (χ1v) is 9.57. The van der Waals surface area contributed by atoms with E-state index in [-0.39, 0.29) is 5.56 Å². The van der Waals surface area contributed by atoms with Crippen molar-refractivity contribution < 1.29 is 9.90 Å². The van der Waals surface area contributed by atoms with Crippen LogP contribution in [0.2, 0.25) is 0 Å². The van der Waals surface area contributed by atoms with E-state index in [2.05, 4.69) is 28.9 Å². The molecule has 0 atom stereocenters. The Morgan fingerprint density at radius 1 is 1.21 bits per heavy atom. The summed E-state index contributed by atoms with van der Waals surface area (Å²) in [4.78, 5) is 18.4. The van der Waals surface area contributed by atoms with E-state index in [1.807, 2.05) is 49.4 Å². The van der Waals surface area contributed by atoms with Crippen molar-refractivity contribution in [3.05, 3.63) is 70.9 Å². The second kappa shape index (κ2) is 9.03. The third-order valence-corrected chi connectivity index (χ3v) is 4.89. The summed E-state index contributed by atoms with van der Waals surface area (Å²) < 4.78 is 0. The van der Waals surface area contributed by atoms with E-state index in [9.17, 15) is 9.90 Å². The van der Waals surface area contributed by atoms with Crippen LogP contribution < -0.4 is 4.90 Å². The molecule has 1 N–H and O–H groups in total. The van der Waals surface area contributed by atoms with Crippen LogP contribution in [0.1, 0.15) is 40.5 Å². The van der Waals surface area contributed by atoms with Gasteiger partial charge in [0.1, 0.15) is 0 Å². The molecule has 0 unspecified atom stereocenters. The third kappa shape index (κ3) is 4.61. The molecule has 2 aromatic carbocycles. The molecule has 0 bridgehead atoms. The molecular formula is C24H23N3O2. The molecule has 5 nitrogen and oxygen atoms in total. The molecule has 0 radical (unpaired) electrons. The predicted octanol–water partition coefficient (Wildman–Crippen LogP) is 5.15. The minimum atomic E-state index is -0.962. The van der Waals surface area contributed by atoms with Crippen LogP contribution in [0.4, 0.5) is 5.69 Å². The SMILES string of the molecule is CCN(CCC#N)c1ccc(/C=C/c2cc(C(=O)O)c3ccccc3n2)c(C)c1. The lowest BCUT2D eigenvalue weighted by molar-refractivity contribution is 0.0699. The largest absolute Gasteiger partial charge is 0.478 e. The number of fused-ring (bicyclic) bond motifs is 1. The summed E-state index contributed by atoms with van der Waals surface area (Å²) in [6.07, 6.45) is 4.29. The zero-order valence-electron chi connectivity index (χ0n) is 16.6. The number of rotatable bonds is 7. The predicted molar refractivity (Wildman–Crippen MR) is 117 cm³/mol. The quantitative estimate of drug-likeness (QED) is 0.608. The molecule has 0 saturated heterocycles. The van der Waals surface area contributed by atoms with E-state index >= 15 is 0 Å². The molecule has 0 saturated carbocycles. The Hall–Kier alpha value is -3.65. The summed E-state index contributed by atoms with van der Waals surface area (Å²) in [5.41, 5.74) is 4.75. The van der Waals surface area contributed by atoms with Crippen LogP contribution in [0.15, 0.2) is 48.5 Å². The summed E-state index contributed by atoms with van der Waals surface area (Å²) in [6, 6.07) is 17.2. The van der Waals surface area contributed by atoms with Gasteiger partial charge in [-0.2, -0.15) is 5.26 Å². The highest BCUT2D eigenvalue weighted by molar-refractivity contribution is 6.03. The summed E-state index contributed by atoms with van der Waals surface area (Å²) in [5.74, 6) is -0.962. The van der Waals surface area contributed by atoms with E-state index in [1.54, 1.807) is 12.1 Å². The number of aryl methyl sites for hydroxylation is 1. The number of aromatic carboxylic acids is 1. The molecule has 0 fully saturated rings. The molecule has 0 spiro atoms. The Bertz CT molecular complexity index is 1110. The maximum atomic E-state index is 11.6. The topological polar surface area (TPSA) is 77.2 Å². The van der Waals surface area contributed by atoms with Gasteiger partial charge in [-0.25, -0.2) is 9.78 Å². The van der Waals surface area contributed by atoms with Crippen LogP contribution in [0.5, 0.6) is 0 Å². The number of nitrogens with zero attached hydrogens (tertiary/aromatic N) is 3. The van der Waals surface area contributed by atoms with Crippen molar-refractivity contribution in [1.29, 1.82) is 5.26 Å². The van der Waals surface area contributed by atoms with Gasteiger partial charge in [-0.1, -0.05) is 30.3 Å². The number of para-hydroxylation sites is 1. The van der Waals surface area contributed by atoms with E-state index in [0.717, 1.165) is 23.4 Å². The molecular weight excluding hydrogens is 362 g/mol. The number of hydrogen-bond donors (Lipinski definition) is 1. The monoisotopic (exact) mass is 385 g/mol. The van der Waals surface area contributed by atoms with Crippen LogP contribution in [0.25, 0.3) is 23.1 Å². The summed E-state index contributed by atoms with van der Waals surface area (Å²) >= 11 is 0. The highest BCUT2D eigenvalue weighted by atomic mass is 16.4. The average molecular weight is 385 g/mol. The normalized spacial score (nSPS) is 10.9. The fourth-order valence-electron chi connectivity index (χ4n) is 3.33. The Morgan fingerprint density at radius 3 is 2.69 bits per heavy atom. The Kier molecular flexibility index (Phi) is 6.25. The van der Waals surface area contributed by atoms with Crippen LogP contribution in [-0.2, 0) is 0 Å². The van der Waals surface area contributed by atoms with Crippen LogP contribution in [0, 0.1) is 18.3 Å². The lowest BCUT2D eigenvalue weighted by Crippen LogP contribution is -2.23. The molecule has 0 amide bonds. The van der Waals surface area contributed by atoms with Gasteiger partial charge in [-0.15, -0.1) is 0 Å². The number of carbonyl (C=O) groups is 1. The maximum Gasteiger partial charge on any atom is 0.336 e. The van der Waals surface area contributed by atoms with Crippen molar-refractivity contribution in [3.63, 3.8) is 0 Å². The van der Waals surface area contributed by atoms with E-state index in [4.69, 9.17) is 5.26 Å². The molecule has 1 aromatic heterocycles.